The quantitative estimate of drug-likeness (QED) is 0.0321. The van der Waals surface area contributed by atoms with Gasteiger partial charge in [0, 0.05) is 12.8 Å². The van der Waals surface area contributed by atoms with Crippen LogP contribution < -0.4 is 5.32 Å². The molecule has 6 nitrogen and oxygen atoms in total. The second-order valence-electron chi connectivity index (χ2n) is 21.4. The van der Waals surface area contributed by atoms with Crippen molar-refractivity contribution in [1.29, 1.82) is 0 Å². The fourth-order valence-electron chi connectivity index (χ4n) is 9.57. The number of unbranched alkanes of at least 4 members (excludes halogenated alkanes) is 43. The van der Waals surface area contributed by atoms with Crippen molar-refractivity contribution < 1.29 is 24.5 Å². The molecule has 0 spiro atoms. The third-order valence-electron chi connectivity index (χ3n) is 14.4. The summed E-state index contributed by atoms with van der Waals surface area (Å²) in [5.41, 5.74) is 0. The Bertz CT molecular complexity index is 1130. The lowest BCUT2D eigenvalue weighted by atomic mass is 10.0. The molecule has 0 saturated carbocycles. The Morgan fingerprint density at radius 2 is 0.671 bits per heavy atom. The van der Waals surface area contributed by atoms with Gasteiger partial charge < -0.3 is 20.3 Å². The number of hydrogen-bond acceptors (Lipinski definition) is 5. The standard InChI is InChI=1S/C64H121NO5/c1-3-5-7-9-11-13-15-17-19-21-26-30-34-38-42-46-50-54-58-64(69)70-59-55-51-47-43-39-35-31-27-24-22-23-25-29-33-37-41-45-49-53-57-63(68)65-61(60-66)62(67)56-52-48-44-40-36-32-28-20-18-16-14-12-10-8-6-4-2/h19,21-23,52,56,61-62,66-67H,3-18,20,24-51,53-55,57-60H2,1-2H3,(H,65,68)/b21-19-,23-22-,56-52+. The maximum atomic E-state index is 12.5. The Morgan fingerprint density at radius 1 is 0.386 bits per heavy atom. The van der Waals surface area contributed by atoms with Crippen molar-refractivity contribution in [2.24, 2.45) is 0 Å². The molecule has 0 aliphatic carbocycles. The Hall–Kier alpha value is -1.92. The first-order valence-corrected chi connectivity index (χ1v) is 31.3. The van der Waals surface area contributed by atoms with E-state index in [2.05, 4.69) is 43.5 Å². The average molecular weight is 985 g/mol. The molecule has 0 aromatic carbocycles. The summed E-state index contributed by atoms with van der Waals surface area (Å²) in [6.07, 6.45) is 74.6. The van der Waals surface area contributed by atoms with E-state index in [0.717, 1.165) is 51.4 Å². The molecule has 0 aliphatic heterocycles. The molecule has 0 heterocycles. The number of ether oxygens (including phenoxy) is 1. The van der Waals surface area contributed by atoms with Crippen LogP contribution in [0.4, 0.5) is 0 Å². The van der Waals surface area contributed by atoms with Gasteiger partial charge in [-0.05, 0) is 83.5 Å². The van der Waals surface area contributed by atoms with Crippen LogP contribution in [0, 0.1) is 0 Å². The van der Waals surface area contributed by atoms with Gasteiger partial charge in [0.15, 0.2) is 0 Å². The number of carbonyl (C=O) groups excluding carboxylic acids is 2. The van der Waals surface area contributed by atoms with Crippen LogP contribution in [0.5, 0.6) is 0 Å². The van der Waals surface area contributed by atoms with Crippen LogP contribution in [0.1, 0.15) is 335 Å². The highest BCUT2D eigenvalue weighted by Crippen LogP contribution is 2.17. The number of nitrogens with one attached hydrogen (secondary N) is 1. The smallest absolute Gasteiger partial charge is 0.305 e. The monoisotopic (exact) mass is 984 g/mol. The van der Waals surface area contributed by atoms with Crippen LogP contribution in [-0.2, 0) is 14.3 Å². The summed E-state index contributed by atoms with van der Waals surface area (Å²) in [7, 11) is 0. The molecule has 3 N–H and O–H groups in total. The lowest BCUT2D eigenvalue weighted by molar-refractivity contribution is -0.143. The first kappa shape index (κ1) is 68.1. The Labute approximate surface area is 436 Å². The van der Waals surface area contributed by atoms with Crippen LogP contribution >= 0.6 is 0 Å². The molecule has 1 amide bonds. The number of aliphatic hydroxyl groups is 2. The number of aliphatic hydroxyl groups excluding tert-OH is 2. The topological polar surface area (TPSA) is 95.9 Å². The molecule has 0 aliphatic rings. The van der Waals surface area contributed by atoms with Gasteiger partial charge in [-0.1, -0.05) is 275 Å². The minimum atomic E-state index is -0.851. The zero-order valence-electron chi connectivity index (χ0n) is 47.0. The number of rotatable bonds is 58. The zero-order valence-corrected chi connectivity index (χ0v) is 47.0. The van der Waals surface area contributed by atoms with Crippen LogP contribution in [0.15, 0.2) is 36.5 Å². The van der Waals surface area contributed by atoms with Crippen molar-refractivity contribution in [3.05, 3.63) is 36.5 Å². The summed E-state index contributed by atoms with van der Waals surface area (Å²) >= 11 is 0. The summed E-state index contributed by atoms with van der Waals surface area (Å²) in [6.45, 7) is 4.90. The van der Waals surface area contributed by atoms with Crippen molar-refractivity contribution in [1.82, 2.24) is 5.32 Å². The van der Waals surface area contributed by atoms with Gasteiger partial charge >= 0.3 is 5.97 Å². The van der Waals surface area contributed by atoms with Gasteiger partial charge in [-0.3, -0.25) is 9.59 Å². The third kappa shape index (κ3) is 55.4. The normalized spacial score (nSPS) is 12.8. The maximum Gasteiger partial charge on any atom is 0.305 e. The van der Waals surface area contributed by atoms with E-state index in [9.17, 15) is 19.8 Å². The Kier molecular flexibility index (Phi) is 58.0. The first-order chi connectivity index (χ1) is 34.5. The molecule has 2 unspecified atom stereocenters. The lowest BCUT2D eigenvalue weighted by Gasteiger charge is -2.20. The van der Waals surface area contributed by atoms with E-state index in [1.165, 1.54) is 257 Å². The van der Waals surface area contributed by atoms with Crippen molar-refractivity contribution in [2.45, 2.75) is 347 Å². The van der Waals surface area contributed by atoms with Gasteiger partial charge in [0.1, 0.15) is 0 Å². The predicted octanol–water partition coefficient (Wildman–Crippen LogP) is 19.6. The first-order valence-electron chi connectivity index (χ1n) is 31.3. The van der Waals surface area contributed by atoms with Gasteiger partial charge in [0.2, 0.25) is 5.91 Å². The third-order valence-corrected chi connectivity index (χ3v) is 14.4. The van der Waals surface area contributed by atoms with Gasteiger partial charge in [-0.15, -0.1) is 0 Å². The summed E-state index contributed by atoms with van der Waals surface area (Å²) in [5.74, 6) is -0.0760. The molecule has 0 rings (SSSR count). The summed E-state index contributed by atoms with van der Waals surface area (Å²) in [4.78, 5) is 24.6. The van der Waals surface area contributed by atoms with E-state index in [4.69, 9.17) is 4.74 Å². The fraction of sp³-hybridized carbons (Fsp3) is 0.875. The molecule has 6 heteroatoms. The van der Waals surface area contributed by atoms with E-state index in [1.807, 2.05) is 6.08 Å². The summed E-state index contributed by atoms with van der Waals surface area (Å²) < 4.78 is 5.49. The molecular formula is C64H121NO5. The van der Waals surface area contributed by atoms with Gasteiger partial charge in [0.25, 0.3) is 0 Å². The number of amides is 1. The van der Waals surface area contributed by atoms with E-state index in [-0.39, 0.29) is 18.5 Å². The lowest BCUT2D eigenvalue weighted by Crippen LogP contribution is -2.45. The SMILES string of the molecule is CCCCCCCCC/C=C\CCCCCCCCCC(=O)OCCCCCCCCCC/C=C\CCCCCCCCCC(=O)NC(CO)C(O)/C=C/CCCCCCCCCCCCCCCC. The second-order valence-corrected chi connectivity index (χ2v) is 21.4. The van der Waals surface area contributed by atoms with E-state index in [0.29, 0.717) is 19.4 Å². The van der Waals surface area contributed by atoms with Crippen LogP contribution in [0.2, 0.25) is 0 Å². The average Bonchev–Trinajstić information content (AvgIpc) is 3.36. The van der Waals surface area contributed by atoms with E-state index < -0.39 is 12.1 Å². The zero-order chi connectivity index (χ0) is 50.7. The van der Waals surface area contributed by atoms with E-state index >= 15 is 0 Å². The molecule has 0 radical (unpaired) electrons. The number of allylic oxidation sites excluding steroid dienone is 5. The largest absolute Gasteiger partial charge is 0.466 e. The molecule has 0 bridgehead atoms. The highest BCUT2D eigenvalue weighted by molar-refractivity contribution is 5.76. The maximum absolute atomic E-state index is 12.5. The fourth-order valence-corrected chi connectivity index (χ4v) is 9.57. The Balaban J connectivity index is 3.45. The summed E-state index contributed by atoms with van der Waals surface area (Å²) in [5, 5.41) is 23.1. The minimum Gasteiger partial charge on any atom is -0.466 e. The van der Waals surface area contributed by atoms with E-state index in [1.54, 1.807) is 6.08 Å². The van der Waals surface area contributed by atoms with Crippen molar-refractivity contribution in [3.63, 3.8) is 0 Å². The number of esters is 1. The second kappa shape index (κ2) is 59.6. The van der Waals surface area contributed by atoms with Crippen molar-refractivity contribution in [2.75, 3.05) is 13.2 Å². The molecule has 0 saturated heterocycles. The molecule has 412 valence electrons. The van der Waals surface area contributed by atoms with Gasteiger partial charge in [-0.25, -0.2) is 0 Å². The highest BCUT2D eigenvalue weighted by atomic mass is 16.5. The van der Waals surface area contributed by atoms with Crippen molar-refractivity contribution in [3.8, 4) is 0 Å². The van der Waals surface area contributed by atoms with Gasteiger partial charge in [-0.2, -0.15) is 0 Å². The highest BCUT2D eigenvalue weighted by Gasteiger charge is 2.18. The molecule has 2 atom stereocenters. The molecular weight excluding hydrogens is 863 g/mol. The summed E-state index contributed by atoms with van der Waals surface area (Å²) in [6, 6.07) is -0.635. The predicted molar refractivity (Wildman–Crippen MR) is 306 cm³/mol. The number of carbonyl (C=O) groups is 2. The van der Waals surface area contributed by atoms with Crippen LogP contribution in [-0.4, -0.2) is 47.4 Å². The minimum absolute atomic E-state index is 0.000398. The van der Waals surface area contributed by atoms with Gasteiger partial charge in [0.05, 0.1) is 25.4 Å². The Morgan fingerprint density at radius 3 is 1.01 bits per heavy atom. The molecule has 0 fully saturated rings. The van der Waals surface area contributed by atoms with Crippen molar-refractivity contribution >= 4 is 11.9 Å². The molecule has 0 aromatic heterocycles. The number of hydrogen-bond donors (Lipinski definition) is 3. The van der Waals surface area contributed by atoms with Crippen LogP contribution in [0.3, 0.4) is 0 Å². The molecule has 70 heavy (non-hydrogen) atoms. The van der Waals surface area contributed by atoms with Crippen LogP contribution in [0.25, 0.3) is 0 Å². The molecule has 0 aromatic rings.